The van der Waals surface area contributed by atoms with Crippen LogP contribution in [0.15, 0.2) is 12.2 Å². The molecule has 0 aromatic rings. The molecule has 0 saturated heterocycles. The first kappa shape index (κ1) is 9.21. The van der Waals surface area contributed by atoms with Crippen LogP contribution in [0, 0.1) is 5.41 Å². The average Bonchev–Trinajstić information content (AvgIpc) is 2.04. The summed E-state index contributed by atoms with van der Waals surface area (Å²) in [4.78, 5) is 0. The minimum atomic E-state index is -3.91. The fourth-order valence-corrected chi connectivity index (χ4v) is 3.23. The lowest BCUT2D eigenvalue weighted by Crippen LogP contribution is -2.45. The topological polar surface area (TPSA) is 54.4 Å². The van der Waals surface area contributed by atoms with Crippen molar-refractivity contribution in [3.63, 3.8) is 0 Å². The van der Waals surface area contributed by atoms with Crippen LogP contribution < -0.4 is 0 Å². The summed E-state index contributed by atoms with van der Waals surface area (Å²) < 4.78 is 30.5. The van der Waals surface area contributed by atoms with Gasteiger partial charge in [0.1, 0.15) is 4.75 Å². The molecule has 0 radical (unpaired) electrons. The highest BCUT2D eigenvalue weighted by Gasteiger charge is 2.49. The Labute approximate surface area is 78.6 Å². The second kappa shape index (κ2) is 2.36. The third kappa shape index (κ3) is 1.23. The molecule has 0 aromatic carbocycles. The lowest BCUT2D eigenvalue weighted by atomic mass is 9.66. The highest BCUT2D eigenvalue weighted by atomic mass is 32.2. The number of rotatable bonds is 1. The lowest BCUT2D eigenvalue weighted by molar-refractivity contribution is 0.227. The summed E-state index contributed by atoms with van der Waals surface area (Å²) >= 11 is 0. The van der Waals surface area contributed by atoms with Crippen molar-refractivity contribution < 1.29 is 13.0 Å². The van der Waals surface area contributed by atoms with E-state index in [-0.39, 0.29) is 5.41 Å². The molecule has 0 heterocycles. The lowest BCUT2D eigenvalue weighted by Gasteiger charge is -2.45. The SMILES string of the molecule is CC12C=CC(S(=O)(=O)O)(CC1)CC2. The molecule has 74 valence electrons. The van der Waals surface area contributed by atoms with E-state index in [0.29, 0.717) is 12.8 Å². The van der Waals surface area contributed by atoms with Crippen molar-refractivity contribution in [2.24, 2.45) is 5.41 Å². The highest BCUT2D eigenvalue weighted by Crippen LogP contribution is 2.50. The van der Waals surface area contributed by atoms with Gasteiger partial charge in [0, 0.05) is 0 Å². The van der Waals surface area contributed by atoms with Crippen molar-refractivity contribution in [3.8, 4) is 0 Å². The maximum atomic E-state index is 11.2. The molecule has 0 aliphatic heterocycles. The minimum Gasteiger partial charge on any atom is -0.285 e. The Morgan fingerprint density at radius 3 is 2.00 bits per heavy atom. The molecule has 3 nitrogen and oxygen atoms in total. The Bertz CT molecular complexity index is 345. The zero-order valence-electron chi connectivity index (χ0n) is 7.66. The monoisotopic (exact) mass is 202 g/mol. The summed E-state index contributed by atoms with van der Waals surface area (Å²) in [5.74, 6) is 0. The first-order chi connectivity index (χ1) is 5.87. The van der Waals surface area contributed by atoms with Crippen LogP contribution in [-0.2, 0) is 10.1 Å². The van der Waals surface area contributed by atoms with Crippen LogP contribution in [0.1, 0.15) is 32.6 Å². The van der Waals surface area contributed by atoms with E-state index < -0.39 is 14.9 Å². The van der Waals surface area contributed by atoms with Gasteiger partial charge in [0.25, 0.3) is 10.1 Å². The number of fused-ring (bicyclic) bond motifs is 2. The fourth-order valence-electron chi connectivity index (χ4n) is 2.27. The molecule has 1 fully saturated rings. The molecule has 13 heavy (non-hydrogen) atoms. The molecule has 1 saturated carbocycles. The Balaban J connectivity index is 2.46. The van der Waals surface area contributed by atoms with Crippen molar-refractivity contribution in [2.75, 3.05) is 0 Å². The van der Waals surface area contributed by atoms with Crippen LogP contribution in [0.3, 0.4) is 0 Å². The second-order valence-electron chi connectivity index (χ2n) is 4.53. The van der Waals surface area contributed by atoms with Crippen LogP contribution >= 0.6 is 0 Å². The number of allylic oxidation sites excluding steroid dienone is 1. The quantitative estimate of drug-likeness (QED) is 0.520. The van der Waals surface area contributed by atoms with Gasteiger partial charge in [-0.05, 0) is 31.1 Å². The van der Waals surface area contributed by atoms with Crippen LogP contribution in [0.25, 0.3) is 0 Å². The first-order valence-electron chi connectivity index (χ1n) is 4.54. The van der Waals surface area contributed by atoms with Crippen molar-refractivity contribution in [3.05, 3.63) is 12.2 Å². The zero-order valence-corrected chi connectivity index (χ0v) is 8.47. The third-order valence-corrected chi connectivity index (χ3v) is 5.11. The molecule has 0 unspecified atom stereocenters. The van der Waals surface area contributed by atoms with E-state index in [1.807, 2.05) is 6.08 Å². The smallest absolute Gasteiger partial charge is 0.274 e. The maximum Gasteiger partial charge on any atom is 0.274 e. The summed E-state index contributed by atoms with van der Waals surface area (Å²) in [7, 11) is -3.91. The normalized spacial score (nSPS) is 43.8. The highest BCUT2D eigenvalue weighted by molar-refractivity contribution is 7.87. The van der Waals surface area contributed by atoms with Crippen molar-refractivity contribution >= 4 is 10.1 Å². The van der Waals surface area contributed by atoms with Crippen LogP contribution in [-0.4, -0.2) is 17.7 Å². The molecule has 0 spiro atoms. The molecule has 0 aromatic heterocycles. The predicted molar refractivity (Wildman–Crippen MR) is 50.0 cm³/mol. The van der Waals surface area contributed by atoms with Gasteiger partial charge in [0.2, 0.25) is 0 Å². The van der Waals surface area contributed by atoms with Crippen molar-refractivity contribution in [1.82, 2.24) is 0 Å². The second-order valence-corrected chi connectivity index (χ2v) is 6.29. The van der Waals surface area contributed by atoms with E-state index in [1.54, 1.807) is 6.08 Å². The summed E-state index contributed by atoms with van der Waals surface area (Å²) in [6.07, 6.45) is 6.51. The summed E-state index contributed by atoms with van der Waals surface area (Å²) in [5, 5.41) is 0. The van der Waals surface area contributed by atoms with Gasteiger partial charge in [0.15, 0.2) is 0 Å². The van der Waals surface area contributed by atoms with Gasteiger partial charge in [-0.1, -0.05) is 19.1 Å². The van der Waals surface area contributed by atoms with E-state index in [0.717, 1.165) is 12.8 Å². The van der Waals surface area contributed by atoms with Gasteiger partial charge in [-0.3, -0.25) is 4.55 Å². The van der Waals surface area contributed by atoms with E-state index >= 15 is 0 Å². The average molecular weight is 202 g/mol. The molecule has 1 N–H and O–H groups in total. The first-order valence-corrected chi connectivity index (χ1v) is 5.98. The van der Waals surface area contributed by atoms with Gasteiger partial charge in [0.05, 0.1) is 0 Å². The van der Waals surface area contributed by atoms with Gasteiger partial charge < -0.3 is 0 Å². The van der Waals surface area contributed by atoms with E-state index in [1.165, 1.54) is 0 Å². The van der Waals surface area contributed by atoms with Gasteiger partial charge in [-0.15, -0.1) is 0 Å². The summed E-state index contributed by atoms with van der Waals surface area (Å²) in [5.41, 5.74) is 0.173. The van der Waals surface area contributed by atoms with Crippen LogP contribution in [0.5, 0.6) is 0 Å². The Morgan fingerprint density at radius 2 is 1.69 bits per heavy atom. The molecular weight excluding hydrogens is 188 g/mol. The Morgan fingerprint density at radius 1 is 1.15 bits per heavy atom. The molecule has 3 aliphatic rings. The largest absolute Gasteiger partial charge is 0.285 e. The molecular formula is C9H14O3S. The Kier molecular flexibility index (Phi) is 1.67. The molecule has 3 aliphatic carbocycles. The van der Waals surface area contributed by atoms with E-state index in [4.69, 9.17) is 4.55 Å². The van der Waals surface area contributed by atoms with Gasteiger partial charge in [-0.2, -0.15) is 8.42 Å². The van der Waals surface area contributed by atoms with Crippen molar-refractivity contribution in [1.29, 1.82) is 0 Å². The van der Waals surface area contributed by atoms with Gasteiger partial charge >= 0.3 is 0 Å². The standard InChI is InChI=1S/C9H14O3S/c1-8-2-5-9(6-3-8,7-4-8)13(10,11)12/h2,5H,3-4,6-7H2,1H3,(H,10,11,12). The molecule has 2 bridgehead atoms. The molecule has 0 amide bonds. The van der Waals surface area contributed by atoms with E-state index in [9.17, 15) is 8.42 Å². The van der Waals surface area contributed by atoms with Gasteiger partial charge in [-0.25, -0.2) is 0 Å². The zero-order chi connectivity index (χ0) is 9.74. The third-order valence-electron chi connectivity index (χ3n) is 3.54. The molecule has 4 heteroatoms. The van der Waals surface area contributed by atoms with E-state index in [2.05, 4.69) is 6.92 Å². The molecule has 3 rings (SSSR count). The summed E-state index contributed by atoms with van der Waals surface area (Å²) in [6, 6.07) is 0. The Hall–Kier alpha value is -0.350. The molecule has 0 atom stereocenters. The predicted octanol–water partition coefficient (Wildman–Crippen LogP) is 1.76. The van der Waals surface area contributed by atoms with Crippen LogP contribution in [0.4, 0.5) is 0 Å². The summed E-state index contributed by atoms with van der Waals surface area (Å²) in [6.45, 7) is 2.14. The number of hydrogen-bond donors (Lipinski definition) is 1. The number of hydrogen-bond acceptors (Lipinski definition) is 2. The maximum absolute atomic E-state index is 11.2. The van der Waals surface area contributed by atoms with Crippen LogP contribution in [0.2, 0.25) is 0 Å². The minimum absolute atomic E-state index is 0.173. The fraction of sp³-hybridized carbons (Fsp3) is 0.778. The van der Waals surface area contributed by atoms with Crippen molar-refractivity contribution in [2.45, 2.75) is 37.4 Å².